The number of para-hydroxylation sites is 1. The third-order valence-electron chi connectivity index (χ3n) is 5.33. The van der Waals surface area contributed by atoms with E-state index in [1.807, 2.05) is 30.3 Å². The number of rotatable bonds is 2. The molecule has 0 aliphatic carbocycles. The Bertz CT molecular complexity index is 858. The molecule has 2 aromatic rings. The zero-order chi connectivity index (χ0) is 18.9. The normalized spacial score (nSPS) is 22.9. The minimum absolute atomic E-state index is 0.0257. The molecule has 2 heterocycles. The van der Waals surface area contributed by atoms with Gasteiger partial charge in [0.25, 0.3) is 11.8 Å². The lowest BCUT2D eigenvalue weighted by Crippen LogP contribution is -2.43. The smallest absolute Gasteiger partial charge is 0.256 e. The van der Waals surface area contributed by atoms with E-state index in [0.29, 0.717) is 32.7 Å². The van der Waals surface area contributed by atoms with Crippen LogP contribution in [-0.4, -0.2) is 49.6 Å². The number of likely N-dealkylation sites (tertiary alicyclic amines) is 1. The summed E-state index contributed by atoms with van der Waals surface area (Å²) in [5.41, 5.74) is 0.564. The second-order valence-electron chi connectivity index (χ2n) is 7.26. The van der Waals surface area contributed by atoms with Gasteiger partial charge in [-0.25, -0.2) is 4.39 Å². The van der Waals surface area contributed by atoms with Crippen molar-refractivity contribution in [2.24, 2.45) is 5.41 Å². The number of carbonyl (C=O) groups is 2. The summed E-state index contributed by atoms with van der Waals surface area (Å²) >= 11 is 0. The standard InChI is InChI=1S/C21H21FN2O3/c22-18-9-5-4-8-17(18)20(26)23-11-10-21(13-23)14-24(19(25)12-27-15-21)16-6-2-1-3-7-16/h1-9H,10-15H2. The third-order valence-corrected chi connectivity index (χ3v) is 5.33. The fourth-order valence-electron chi connectivity index (χ4n) is 3.91. The van der Waals surface area contributed by atoms with Crippen molar-refractivity contribution in [2.75, 3.05) is 37.7 Å². The topological polar surface area (TPSA) is 49.9 Å². The van der Waals surface area contributed by atoms with Crippen molar-refractivity contribution in [3.8, 4) is 0 Å². The summed E-state index contributed by atoms with van der Waals surface area (Å²) < 4.78 is 19.7. The van der Waals surface area contributed by atoms with E-state index in [0.717, 1.165) is 5.69 Å². The molecule has 0 N–H and O–H groups in total. The number of hydrogen-bond acceptors (Lipinski definition) is 3. The fourth-order valence-corrected chi connectivity index (χ4v) is 3.91. The molecule has 2 saturated heterocycles. The third kappa shape index (κ3) is 3.45. The summed E-state index contributed by atoms with van der Waals surface area (Å²) in [6.45, 7) is 1.88. The van der Waals surface area contributed by atoms with Gasteiger partial charge in [-0.15, -0.1) is 0 Å². The van der Waals surface area contributed by atoms with Crippen LogP contribution >= 0.6 is 0 Å². The molecule has 2 fully saturated rings. The SMILES string of the molecule is O=C(c1ccccc1F)N1CCC2(COCC(=O)N(c3ccccc3)C2)C1. The monoisotopic (exact) mass is 368 g/mol. The number of benzene rings is 2. The van der Waals surface area contributed by atoms with E-state index in [1.54, 1.807) is 21.9 Å². The number of ether oxygens (including phenoxy) is 1. The molecule has 6 heteroatoms. The highest BCUT2D eigenvalue weighted by atomic mass is 19.1. The Hall–Kier alpha value is -2.73. The Balaban J connectivity index is 1.56. The van der Waals surface area contributed by atoms with Crippen LogP contribution in [0, 0.1) is 11.2 Å². The number of anilines is 1. The predicted octanol–water partition coefficient (Wildman–Crippen LogP) is 2.72. The van der Waals surface area contributed by atoms with Crippen LogP contribution in [0.5, 0.6) is 0 Å². The van der Waals surface area contributed by atoms with Gasteiger partial charge in [0, 0.05) is 30.7 Å². The van der Waals surface area contributed by atoms with Gasteiger partial charge in [0.1, 0.15) is 12.4 Å². The first kappa shape index (κ1) is 17.7. The van der Waals surface area contributed by atoms with Gasteiger partial charge in [0.2, 0.25) is 0 Å². The fraction of sp³-hybridized carbons (Fsp3) is 0.333. The molecule has 1 unspecified atom stereocenters. The average molecular weight is 368 g/mol. The number of halogens is 1. The van der Waals surface area contributed by atoms with Crippen molar-refractivity contribution in [1.29, 1.82) is 0 Å². The molecule has 140 valence electrons. The summed E-state index contributed by atoms with van der Waals surface area (Å²) in [5, 5.41) is 0. The number of amides is 2. The highest BCUT2D eigenvalue weighted by molar-refractivity contribution is 5.95. The quantitative estimate of drug-likeness (QED) is 0.819. The van der Waals surface area contributed by atoms with Crippen LogP contribution in [0.4, 0.5) is 10.1 Å². The van der Waals surface area contributed by atoms with Crippen LogP contribution in [0.1, 0.15) is 16.8 Å². The first-order valence-electron chi connectivity index (χ1n) is 9.05. The van der Waals surface area contributed by atoms with Crippen molar-refractivity contribution in [3.63, 3.8) is 0 Å². The summed E-state index contributed by atoms with van der Waals surface area (Å²) in [4.78, 5) is 28.7. The van der Waals surface area contributed by atoms with Crippen LogP contribution in [0.2, 0.25) is 0 Å². The summed E-state index contributed by atoms with van der Waals surface area (Å²) in [7, 11) is 0. The van der Waals surface area contributed by atoms with E-state index < -0.39 is 5.82 Å². The van der Waals surface area contributed by atoms with Crippen molar-refractivity contribution < 1.29 is 18.7 Å². The molecular formula is C21H21FN2O3. The van der Waals surface area contributed by atoms with Gasteiger partial charge in [0.05, 0.1) is 12.2 Å². The van der Waals surface area contributed by atoms with E-state index in [4.69, 9.17) is 4.74 Å². The lowest BCUT2D eigenvalue weighted by Gasteiger charge is -2.32. The molecule has 27 heavy (non-hydrogen) atoms. The van der Waals surface area contributed by atoms with Crippen LogP contribution in [0.3, 0.4) is 0 Å². The van der Waals surface area contributed by atoms with E-state index in [2.05, 4.69) is 0 Å². The average Bonchev–Trinajstić information content (AvgIpc) is 3.03. The summed E-state index contributed by atoms with van der Waals surface area (Å²) in [6, 6.07) is 15.5. The molecule has 2 aromatic carbocycles. The molecule has 4 rings (SSSR count). The van der Waals surface area contributed by atoms with Crippen molar-refractivity contribution in [2.45, 2.75) is 6.42 Å². The molecule has 2 amide bonds. The van der Waals surface area contributed by atoms with Gasteiger partial charge < -0.3 is 14.5 Å². The molecule has 0 aromatic heterocycles. The van der Waals surface area contributed by atoms with Crippen LogP contribution < -0.4 is 4.90 Å². The second-order valence-corrected chi connectivity index (χ2v) is 7.26. The Labute approximate surface area is 157 Å². The molecule has 5 nitrogen and oxygen atoms in total. The predicted molar refractivity (Wildman–Crippen MR) is 99.0 cm³/mol. The van der Waals surface area contributed by atoms with Gasteiger partial charge in [-0.1, -0.05) is 30.3 Å². The summed E-state index contributed by atoms with van der Waals surface area (Å²) in [5.74, 6) is -0.912. The first-order chi connectivity index (χ1) is 13.1. The van der Waals surface area contributed by atoms with E-state index in [9.17, 15) is 14.0 Å². The van der Waals surface area contributed by atoms with Gasteiger partial charge in [-0.3, -0.25) is 9.59 Å². The van der Waals surface area contributed by atoms with E-state index >= 15 is 0 Å². The molecule has 0 bridgehead atoms. The van der Waals surface area contributed by atoms with Crippen molar-refractivity contribution in [1.82, 2.24) is 4.90 Å². The van der Waals surface area contributed by atoms with E-state index in [-0.39, 0.29) is 29.4 Å². The Morgan fingerprint density at radius 2 is 1.78 bits per heavy atom. The Kier molecular flexibility index (Phi) is 4.66. The lowest BCUT2D eigenvalue weighted by molar-refractivity contribution is -0.122. The summed E-state index contributed by atoms with van der Waals surface area (Å²) in [6.07, 6.45) is 0.712. The first-order valence-corrected chi connectivity index (χ1v) is 9.05. The highest BCUT2D eigenvalue weighted by Crippen LogP contribution is 2.36. The molecule has 1 atom stereocenters. The number of carbonyl (C=O) groups excluding carboxylic acids is 2. The van der Waals surface area contributed by atoms with E-state index in [1.165, 1.54) is 12.1 Å². The number of nitrogens with zero attached hydrogens (tertiary/aromatic N) is 2. The number of hydrogen-bond donors (Lipinski definition) is 0. The highest BCUT2D eigenvalue weighted by Gasteiger charge is 2.44. The second kappa shape index (κ2) is 7.12. The molecule has 0 saturated carbocycles. The molecule has 1 spiro atoms. The minimum atomic E-state index is -0.512. The van der Waals surface area contributed by atoms with Gasteiger partial charge in [-0.05, 0) is 30.7 Å². The van der Waals surface area contributed by atoms with Crippen molar-refractivity contribution >= 4 is 17.5 Å². The lowest BCUT2D eigenvalue weighted by atomic mass is 9.87. The van der Waals surface area contributed by atoms with Gasteiger partial charge in [-0.2, -0.15) is 0 Å². The minimum Gasteiger partial charge on any atom is -0.371 e. The molecule has 2 aliphatic rings. The maximum absolute atomic E-state index is 14.0. The van der Waals surface area contributed by atoms with Crippen LogP contribution in [-0.2, 0) is 9.53 Å². The zero-order valence-electron chi connectivity index (χ0n) is 14.9. The zero-order valence-corrected chi connectivity index (χ0v) is 14.9. The van der Waals surface area contributed by atoms with Crippen LogP contribution in [0.25, 0.3) is 0 Å². The van der Waals surface area contributed by atoms with Crippen molar-refractivity contribution in [3.05, 3.63) is 66.0 Å². The largest absolute Gasteiger partial charge is 0.371 e. The molecular weight excluding hydrogens is 347 g/mol. The maximum atomic E-state index is 14.0. The van der Waals surface area contributed by atoms with Gasteiger partial charge in [0.15, 0.2) is 0 Å². The Morgan fingerprint density at radius 3 is 2.56 bits per heavy atom. The molecule has 2 aliphatic heterocycles. The van der Waals surface area contributed by atoms with Gasteiger partial charge >= 0.3 is 0 Å². The maximum Gasteiger partial charge on any atom is 0.256 e. The van der Waals surface area contributed by atoms with Crippen LogP contribution in [0.15, 0.2) is 54.6 Å². The molecule has 0 radical (unpaired) electrons. The Morgan fingerprint density at radius 1 is 1.04 bits per heavy atom.